The Morgan fingerprint density at radius 1 is 0.429 bits per heavy atom. The van der Waals surface area contributed by atoms with Crippen LogP contribution in [-0.2, 0) is 0 Å². The van der Waals surface area contributed by atoms with E-state index in [9.17, 15) is 0 Å². The Hall–Kier alpha value is -0.240. The monoisotopic (exact) mass is 210 g/mol. The fraction of sp³-hybridized carbons (Fsp3) is 1.00. The maximum absolute atomic E-state index is 5.16. The highest BCUT2D eigenvalue weighted by Gasteiger charge is 1.75. The minimum absolute atomic E-state index is 0. The summed E-state index contributed by atoms with van der Waals surface area (Å²) in [7, 11) is 0. The molecule has 0 unspecified atom stereocenters. The lowest BCUT2D eigenvalue weighted by Gasteiger charge is -1.87. The molecule has 0 radical (unpaired) electrons. The Labute approximate surface area is 87.9 Å². The van der Waals surface area contributed by atoms with E-state index in [4.69, 9.17) is 22.9 Å². The van der Waals surface area contributed by atoms with E-state index in [1.165, 1.54) is 0 Å². The van der Waals surface area contributed by atoms with E-state index in [2.05, 4.69) is 0 Å². The molecule has 0 saturated carbocycles. The van der Waals surface area contributed by atoms with Crippen LogP contribution in [0.25, 0.3) is 0 Å². The van der Waals surface area contributed by atoms with E-state index in [1.807, 2.05) is 0 Å². The quantitative estimate of drug-likeness (QED) is 0.328. The molecule has 0 aliphatic rings. The van der Waals surface area contributed by atoms with E-state index < -0.39 is 0 Å². The molecule has 14 N–H and O–H groups in total. The van der Waals surface area contributed by atoms with Crippen LogP contribution in [0.15, 0.2) is 0 Å². The van der Waals surface area contributed by atoms with Crippen LogP contribution in [0.1, 0.15) is 25.7 Å². The largest absolute Gasteiger partial charge is 0.344 e. The van der Waals surface area contributed by atoms with Gasteiger partial charge in [0.05, 0.1) is 0 Å². The van der Waals surface area contributed by atoms with Crippen molar-refractivity contribution in [3.63, 3.8) is 0 Å². The van der Waals surface area contributed by atoms with Gasteiger partial charge in [0.2, 0.25) is 0 Å². The number of hydrogen-bond donors (Lipinski definition) is 6. The van der Waals surface area contributed by atoms with Gasteiger partial charge in [-0.25, -0.2) is 0 Å². The smallest absolute Gasteiger partial charge is 0.00768 e. The minimum atomic E-state index is 0. The molecule has 0 atom stereocenters. The number of nitrogens with two attached hydrogens (primary N) is 4. The molecule has 92 valence electrons. The molecule has 0 aliphatic carbocycles. The second-order valence-electron chi connectivity index (χ2n) is 2.57. The zero-order valence-electron chi connectivity index (χ0n) is 9.38. The third-order valence-electron chi connectivity index (χ3n) is 1.32. The van der Waals surface area contributed by atoms with Gasteiger partial charge in [0.1, 0.15) is 0 Å². The molecule has 0 aliphatic heterocycles. The normalized spacial score (nSPS) is 7.71. The van der Waals surface area contributed by atoms with Gasteiger partial charge in [-0.1, -0.05) is 0 Å². The van der Waals surface area contributed by atoms with E-state index in [0.29, 0.717) is 0 Å². The maximum atomic E-state index is 5.16. The number of rotatable bonds is 6. The first-order chi connectivity index (χ1) is 5.83. The molecule has 0 heterocycles. The van der Waals surface area contributed by atoms with Crippen LogP contribution in [-0.4, -0.2) is 26.2 Å². The summed E-state index contributed by atoms with van der Waals surface area (Å²) >= 11 is 0. The van der Waals surface area contributed by atoms with Gasteiger partial charge in [0, 0.05) is 0 Å². The lowest BCUT2D eigenvalue weighted by Crippen LogP contribution is -2.03. The summed E-state index contributed by atoms with van der Waals surface area (Å²) in [4.78, 5) is 0. The molecule has 0 saturated heterocycles. The molecule has 6 nitrogen and oxygen atoms in total. The highest BCUT2D eigenvalue weighted by Crippen LogP contribution is 1.77. The first-order valence-electron chi connectivity index (χ1n) is 4.63. The highest BCUT2D eigenvalue weighted by atomic mass is 14.5. The fourth-order valence-corrected chi connectivity index (χ4v) is 0.577. The van der Waals surface area contributed by atoms with E-state index in [0.717, 1.165) is 51.9 Å². The van der Waals surface area contributed by atoms with Crippen molar-refractivity contribution in [3.05, 3.63) is 0 Å². The summed E-state index contributed by atoms with van der Waals surface area (Å²) in [5.41, 5.74) is 20.6. The Morgan fingerprint density at radius 2 is 0.571 bits per heavy atom. The Balaban J connectivity index is -0.0000000625. The van der Waals surface area contributed by atoms with Crippen molar-refractivity contribution in [3.8, 4) is 0 Å². The van der Waals surface area contributed by atoms with Crippen molar-refractivity contribution in [2.75, 3.05) is 26.2 Å². The molecule has 0 aromatic rings. The lowest BCUT2D eigenvalue weighted by molar-refractivity contribution is 0.755. The standard InChI is InChI=1S/2C4H12N2.2H3N/c2*5-3-1-2-4-6;;/h2*1-6H2;2*1H3. The predicted molar refractivity (Wildman–Crippen MR) is 64.7 cm³/mol. The SMILES string of the molecule is N.N.NCCCCN.NCCCCN. The summed E-state index contributed by atoms with van der Waals surface area (Å²) in [6, 6.07) is 0. The van der Waals surface area contributed by atoms with E-state index in [1.54, 1.807) is 0 Å². The Kier molecular flexibility index (Phi) is 49.2. The van der Waals surface area contributed by atoms with Crippen molar-refractivity contribution in [2.24, 2.45) is 22.9 Å². The fourth-order valence-electron chi connectivity index (χ4n) is 0.577. The molecule has 0 fully saturated rings. The third kappa shape index (κ3) is 41.0. The van der Waals surface area contributed by atoms with Crippen LogP contribution in [0.3, 0.4) is 0 Å². The summed E-state index contributed by atoms with van der Waals surface area (Å²) in [5.74, 6) is 0. The molecular formula is C8H30N6. The van der Waals surface area contributed by atoms with Crippen molar-refractivity contribution in [1.82, 2.24) is 12.3 Å². The molecule has 0 aromatic heterocycles. The predicted octanol–water partition coefficient (Wildman–Crippen LogP) is -0.308. The van der Waals surface area contributed by atoms with Crippen molar-refractivity contribution >= 4 is 0 Å². The van der Waals surface area contributed by atoms with Crippen molar-refractivity contribution in [2.45, 2.75) is 25.7 Å². The Bertz CT molecular complexity index is 45.8. The van der Waals surface area contributed by atoms with Gasteiger partial charge in [-0.15, -0.1) is 0 Å². The van der Waals surface area contributed by atoms with Gasteiger partial charge in [0.15, 0.2) is 0 Å². The first-order valence-corrected chi connectivity index (χ1v) is 4.63. The second-order valence-corrected chi connectivity index (χ2v) is 2.57. The van der Waals surface area contributed by atoms with Crippen molar-refractivity contribution < 1.29 is 0 Å². The van der Waals surface area contributed by atoms with Gasteiger partial charge in [-0.05, 0) is 51.9 Å². The summed E-state index contributed by atoms with van der Waals surface area (Å²) in [6.07, 6.45) is 4.26. The Morgan fingerprint density at radius 3 is 0.643 bits per heavy atom. The van der Waals surface area contributed by atoms with E-state index >= 15 is 0 Å². The van der Waals surface area contributed by atoms with Gasteiger partial charge >= 0.3 is 0 Å². The van der Waals surface area contributed by atoms with Crippen molar-refractivity contribution in [1.29, 1.82) is 0 Å². The second kappa shape index (κ2) is 29.3. The topological polar surface area (TPSA) is 174 Å². The summed E-state index contributed by atoms with van der Waals surface area (Å²) in [5, 5.41) is 0. The highest BCUT2D eigenvalue weighted by molar-refractivity contribution is 4.38. The third-order valence-corrected chi connectivity index (χ3v) is 1.32. The average Bonchev–Trinajstić information content (AvgIpc) is 2.12. The molecule has 0 amide bonds. The van der Waals surface area contributed by atoms with Gasteiger partial charge in [0.25, 0.3) is 0 Å². The molecule has 14 heavy (non-hydrogen) atoms. The average molecular weight is 210 g/mol. The first kappa shape index (κ1) is 23.5. The van der Waals surface area contributed by atoms with Gasteiger partial charge in [-0.3, -0.25) is 0 Å². The number of hydrogen-bond acceptors (Lipinski definition) is 6. The van der Waals surface area contributed by atoms with Crippen LogP contribution in [0, 0.1) is 0 Å². The zero-order chi connectivity index (χ0) is 9.66. The van der Waals surface area contributed by atoms with Gasteiger partial charge < -0.3 is 35.2 Å². The summed E-state index contributed by atoms with van der Waals surface area (Å²) < 4.78 is 0. The molecule has 6 heteroatoms. The molecular weight excluding hydrogens is 180 g/mol. The van der Waals surface area contributed by atoms with E-state index in [-0.39, 0.29) is 12.3 Å². The molecule has 0 spiro atoms. The van der Waals surface area contributed by atoms with Gasteiger partial charge in [-0.2, -0.15) is 0 Å². The summed E-state index contributed by atoms with van der Waals surface area (Å²) in [6.45, 7) is 3.10. The number of unbranched alkanes of at least 4 members (excludes halogenated alkanes) is 2. The van der Waals surface area contributed by atoms with Crippen LogP contribution < -0.4 is 35.2 Å². The zero-order valence-corrected chi connectivity index (χ0v) is 9.38. The lowest BCUT2D eigenvalue weighted by atomic mass is 10.3. The maximum Gasteiger partial charge on any atom is -0.00768 e. The van der Waals surface area contributed by atoms with Crippen LogP contribution in [0.5, 0.6) is 0 Å². The molecule has 0 rings (SSSR count). The minimum Gasteiger partial charge on any atom is -0.344 e. The van der Waals surface area contributed by atoms with Crippen LogP contribution >= 0.6 is 0 Å². The molecule has 0 aromatic carbocycles. The molecule has 0 bridgehead atoms. The van der Waals surface area contributed by atoms with Crippen LogP contribution in [0.4, 0.5) is 0 Å². The van der Waals surface area contributed by atoms with Crippen LogP contribution in [0.2, 0.25) is 0 Å².